The first kappa shape index (κ1) is 29.1. The van der Waals surface area contributed by atoms with Crippen molar-refractivity contribution < 1.29 is 14.4 Å². The van der Waals surface area contributed by atoms with Gasteiger partial charge in [0.05, 0.1) is 5.69 Å². The Bertz CT molecular complexity index is 1690. The number of carbonyl (C=O) groups is 3. The molecule has 0 aromatic heterocycles. The van der Waals surface area contributed by atoms with E-state index in [0.717, 1.165) is 67.0 Å². The summed E-state index contributed by atoms with van der Waals surface area (Å²) in [5.74, 6) is -0.293. The maximum Gasteiger partial charge on any atom is 0.258 e. The van der Waals surface area contributed by atoms with Crippen LogP contribution in [0.5, 0.6) is 0 Å². The Kier molecular flexibility index (Phi) is 8.66. The summed E-state index contributed by atoms with van der Waals surface area (Å²) in [7, 11) is 2.07. The van der Waals surface area contributed by atoms with E-state index in [1.165, 1.54) is 0 Å². The van der Waals surface area contributed by atoms with Crippen LogP contribution in [0.15, 0.2) is 109 Å². The molecule has 0 bridgehead atoms. The summed E-state index contributed by atoms with van der Waals surface area (Å²) in [4.78, 5) is 46.2. The number of fused-ring (bicyclic) bond motifs is 1. The highest BCUT2D eigenvalue weighted by Gasteiger charge is 2.26. The van der Waals surface area contributed by atoms with Crippen LogP contribution in [0.2, 0.25) is 0 Å². The van der Waals surface area contributed by atoms with Gasteiger partial charge in [0.15, 0.2) is 0 Å². The Morgan fingerprint density at radius 3 is 2.11 bits per heavy atom. The number of carbonyl (C=O) groups excluding carboxylic acids is 3. The van der Waals surface area contributed by atoms with Crippen LogP contribution < -0.4 is 10.2 Å². The summed E-state index contributed by atoms with van der Waals surface area (Å²) >= 11 is 0. The second-order valence-corrected chi connectivity index (χ2v) is 11.3. The second-order valence-electron chi connectivity index (χ2n) is 11.3. The molecule has 7 heteroatoms. The van der Waals surface area contributed by atoms with E-state index < -0.39 is 0 Å². The van der Waals surface area contributed by atoms with Crippen molar-refractivity contribution in [3.63, 3.8) is 0 Å². The Morgan fingerprint density at radius 1 is 0.705 bits per heavy atom. The van der Waals surface area contributed by atoms with E-state index in [4.69, 9.17) is 0 Å². The van der Waals surface area contributed by atoms with Crippen molar-refractivity contribution in [2.75, 3.05) is 50.0 Å². The Balaban J connectivity index is 1.18. The number of likely N-dealkylation sites (N-methyl/N-ethyl adjacent to an activating group) is 1. The summed E-state index contributed by atoms with van der Waals surface area (Å²) in [6.45, 7) is 3.74. The predicted molar refractivity (Wildman–Crippen MR) is 176 cm³/mol. The summed E-state index contributed by atoms with van der Waals surface area (Å²) in [5.41, 5.74) is 6.24. The quantitative estimate of drug-likeness (QED) is 0.284. The molecule has 2 aliphatic heterocycles. The van der Waals surface area contributed by atoms with Gasteiger partial charge in [-0.05, 0) is 73.0 Å². The number of nitrogens with one attached hydrogen (secondary N) is 1. The van der Waals surface area contributed by atoms with E-state index in [0.29, 0.717) is 23.4 Å². The monoisotopic (exact) mass is 584 g/mol. The van der Waals surface area contributed by atoms with E-state index in [2.05, 4.69) is 17.3 Å². The molecule has 7 nitrogen and oxygen atoms in total. The topological polar surface area (TPSA) is 73.0 Å². The zero-order valence-corrected chi connectivity index (χ0v) is 24.9. The van der Waals surface area contributed by atoms with E-state index in [9.17, 15) is 14.4 Å². The molecule has 0 aliphatic carbocycles. The lowest BCUT2D eigenvalue weighted by atomic mass is 9.99. The number of nitrogens with zero attached hydrogens (tertiary/aromatic N) is 3. The third kappa shape index (κ3) is 6.33. The zero-order valence-electron chi connectivity index (χ0n) is 24.9. The largest absolute Gasteiger partial charge is 0.337 e. The van der Waals surface area contributed by atoms with Crippen molar-refractivity contribution in [3.05, 3.63) is 126 Å². The van der Waals surface area contributed by atoms with E-state index in [1.54, 1.807) is 35.2 Å². The number of para-hydroxylation sites is 1. The molecule has 0 saturated carbocycles. The van der Waals surface area contributed by atoms with Crippen LogP contribution in [0, 0.1) is 0 Å². The van der Waals surface area contributed by atoms with Gasteiger partial charge in [-0.1, -0.05) is 66.7 Å². The van der Waals surface area contributed by atoms with Crippen LogP contribution >= 0.6 is 0 Å². The highest BCUT2D eigenvalue weighted by molar-refractivity contribution is 6.10. The number of rotatable bonds is 5. The van der Waals surface area contributed by atoms with Gasteiger partial charge in [-0.3, -0.25) is 14.4 Å². The molecule has 0 spiro atoms. The van der Waals surface area contributed by atoms with E-state index in [-0.39, 0.29) is 17.7 Å². The van der Waals surface area contributed by atoms with Crippen LogP contribution in [0.4, 0.5) is 11.4 Å². The summed E-state index contributed by atoms with van der Waals surface area (Å²) in [6, 6.07) is 32.2. The van der Waals surface area contributed by atoms with Gasteiger partial charge in [0.25, 0.3) is 11.8 Å². The van der Waals surface area contributed by atoms with Gasteiger partial charge in [0, 0.05) is 61.2 Å². The number of hydrogen-bond acceptors (Lipinski definition) is 4. The molecule has 6 rings (SSSR count). The average Bonchev–Trinajstić information content (AvgIpc) is 3.25. The first-order valence-electron chi connectivity index (χ1n) is 15.1. The molecule has 1 saturated heterocycles. The highest BCUT2D eigenvalue weighted by Crippen LogP contribution is 2.35. The molecule has 2 aliphatic rings. The first-order chi connectivity index (χ1) is 21.5. The minimum absolute atomic E-state index is 0.0340. The normalized spacial score (nSPS) is 16.2. The van der Waals surface area contributed by atoms with Crippen molar-refractivity contribution in [3.8, 4) is 11.1 Å². The SMILES string of the molecule is CN1CCN(C(=O)/C=C2\CCCN(C(=O)c3ccc(NC(=O)c4ccccc4-c4ccccc4)cc3)c3ccccc32)CC1. The van der Waals surface area contributed by atoms with Gasteiger partial charge in [-0.2, -0.15) is 0 Å². The average molecular weight is 585 g/mol. The molecule has 4 aromatic rings. The lowest BCUT2D eigenvalue weighted by molar-refractivity contribution is -0.127. The minimum atomic E-state index is -0.213. The summed E-state index contributed by atoms with van der Waals surface area (Å²) < 4.78 is 0. The third-order valence-electron chi connectivity index (χ3n) is 8.37. The molecule has 1 fully saturated rings. The molecule has 44 heavy (non-hydrogen) atoms. The molecule has 1 N–H and O–H groups in total. The Morgan fingerprint density at radius 2 is 1.36 bits per heavy atom. The van der Waals surface area contributed by atoms with Crippen molar-refractivity contribution in [2.24, 2.45) is 0 Å². The smallest absolute Gasteiger partial charge is 0.258 e. The Hall–Kier alpha value is -5.01. The van der Waals surface area contributed by atoms with Gasteiger partial charge < -0.3 is 20.0 Å². The summed E-state index contributed by atoms with van der Waals surface area (Å²) in [5, 5.41) is 2.98. The maximum absolute atomic E-state index is 13.8. The number of piperazine rings is 1. The molecule has 3 amide bonds. The van der Waals surface area contributed by atoms with Crippen molar-refractivity contribution in [1.29, 1.82) is 0 Å². The highest BCUT2D eigenvalue weighted by atomic mass is 16.2. The molecule has 4 aromatic carbocycles. The number of amides is 3. The molecule has 0 unspecified atom stereocenters. The van der Waals surface area contributed by atoms with Gasteiger partial charge in [0.1, 0.15) is 0 Å². The molecule has 2 heterocycles. The molecule has 0 atom stereocenters. The van der Waals surface area contributed by atoms with Crippen molar-refractivity contribution in [2.45, 2.75) is 12.8 Å². The number of allylic oxidation sites excluding steroid dienone is 1. The van der Waals surface area contributed by atoms with Crippen LogP contribution in [-0.2, 0) is 4.79 Å². The molecular formula is C37H36N4O3. The Labute approximate surface area is 258 Å². The lowest BCUT2D eigenvalue weighted by Gasteiger charge is -2.32. The summed E-state index contributed by atoms with van der Waals surface area (Å²) in [6.07, 6.45) is 3.23. The number of benzene rings is 4. The first-order valence-corrected chi connectivity index (χ1v) is 15.1. The van der Waals surface area contributed by atoms with Crippen LogP contribution in [0.3, 0.4) is 0 Å². The van der Waals surface area contributed by atoms with E-state index in [1.807, 2.05) is 83.8 Å². The fraction of sp³-hybridized carbons (Fsp3) is 0.216. The zero-order chi connectivity index (χ0) is 30.5. The fourth-order valence-electron chi connectivity index (χ4n) is 5.89. The molecule has 222 valence electrons. The van der Waals surface area contributed by atoms with Gasteiger partial charge in [-0.25, -0.2) is 0 Å². The maximum atomic E-state index is 13.8. The van der Waals surface area contributed by atoms with Crippen molar-refractivity contribution in [1.82, 2.24) is 9.80 Å². The van der Waals surface area contributed by atoms with Crippen LogP contribution in [0.25, 0.3) is 16.7 Å². The predicted octanol–water partition coefficient (Wildman–Crippen LogP) is 6.20. The third-order valence-corrected chi connectivity index (χ3v) is 8.37. The van der Waals surface area contributed by atoms with E-state index >= 15 is 0 Å². The number of anilines is 2. The minimum Gasteiger partial charge on any atom is -0.337 e. The van der Waals surface area contributed by atoms with Gasteiger partial charge >= 0.3 is 0 Å². The fourth-order valence-corrected chi connectivity index (χ4v) is 5.89. The van der Waals surface area contributed by atoms with Gasteiger partial charge in [-0.15, -0.1) is 0 Å². The standard InChI is InChI=1S/C37H36N4O3/c1-39-22-24-40(25-23-39)35(42)26-29-12-9-21-41(34-16-8-7-14-32(29)34)37(44)28-17-19-30(20-18-28)38-36(43)33-15-6-5-13-31(33)27-10-3-2-4-11-27/h2-8,10-11,13-20,26H,9,12,21-25H2,1H3,(H,38,43)/b29-26+. The van der Waals surface area contributed by atoms with Crippen LogP contribution in [-0.4, -0.2) is 67.3 Å². The molecular weight excluding hydrogens is 548 g/mol. The lowest BCUT2D eigenvalue weighted by Crippen LogP contribution is -2.46. The second kappa shape index (κ2) is 13.1. The van der Waals surface area contributed by atoms with Crippen molar-refractivity contribution >= 4 is 34.7 Å². The van der Waals surface area contributed by atoms with Gasteiger partial charge in [0.2, 0.25) is 5.91 Å². The van der Waals surface area contributed by atoms with Crippen LogP contribution in [0.1, 0.15) is 39.1 Å². The number of hydrogen-bond donors (Lipinski definition) is 1. The molecule has 0 radical (unpaired) electrons.